The summed E-state index contributed by atoms with van der Waals surface area (Å²) < 4.78 is 18.9. The molecule has 25 heavy (non-hydrogen) atoms. The maximum absolute atomic E-state index is 13.5. The lowest BCUT2D eigenvalue weighted by molar-refractivity contribution is -0.132. The largest absolute Gasteiger partial charge is 0.489 e. The Kier molecular flexibility index (Phi) is 6.95. The number of para-hydroxylation sites is 1. The Morgan fingerprint density at radius 2 is 1.72 bits per heavy atom. The molecule has 1 atom stereocenters. The fraction of sp³-hybridized carbons (Fsp3) is 0.350. The van der Waals surface area contributed by atoms with E-state index in [1.165, 1.54) is 6.07 Å². The molecule has 0 saturated heterocycles. The number of benzene rings is 2. The third kappa shape index (κ3) is 5.57. The molecule has 0 heterocycles. The Hall–Kier alpha value is -2.40. The van der Waals surface area contributed by atoms with E-state index in [1.807, 2.05) is 56.3 Å². The summed E-state index contributed by atoms with van der Waals surface area (Å²) in [6, 6.07) is 16.2. The van der Waals surface area contributed by atoms with E-state index < -0.39 is 0 Å². The van der Waals surface area contributed by atoms with Crippen LogP contribution in [-0.4, -0.2) is 49.5 Å². The maximum Gasteiger partial charge on any atom is 0.236 e. The molecule has 2 aromatic rings. The minimum absolute atomic E-state index is 0.0109. The van der Waals surface area contributed by atoms with Gasteiger partial charge in [-0.05, 0) is 31.7 Å². The van der Waals surface area contributed by atoms with Gasteiger partial charge in [-0.2, -0.15) is 0 Å². The third-order valence-electron chi connectivity index (χ3n) is 4.23. The Morgan fingerprint density at radius 1 is 1.08 bits per heavy atom. The summed E-state index contributed by atoms with van der Waals surface area (Å²) in [6.45, 7) is 3.15. The molecule has 134 valence electrons. The molecule has 0 aliphatic heterocycles. The smallest absolute Gasteiger partial charge is 0.236 e. The second kappa shape index (κ2) is 9.18. The van der Waals surface area contributed by atoms with Crippen LogP contribution in [0, 0.1) is 5.82 Å². The SMILES string of the molecule is CC(c1ccccc1)N(C)C(=O)CN(C)CCOc1ccccc1F. The lowest BCUT2D eigenvalue weighted by atomic mass is 10.1. The molecule has 1 unspecified atom stereocenters. The highest BCUT2D eigenvalue weighted by atomic mass is 19.1. The van der Waals surface area contributed by atoms with Crippen LogP contribution in [0.3, 0.4) is 0 Å². The molecule has 0 N–H and O–H groups in total. The molecule has 0 saturated carbocycles. The van der Waals surface area contributed by atoms with Crippen molar-refractivity contribution in [2.75, 3.05) is 33.8 Å². The van der Waals surface area contributed by atoms with E-state index >= 15 is 0 Å². The number of hydrogen-bond donors (Lipinski definition) is 0. The Labute approximate surface area is 148 Å². The Bertz CT molecular complexity index is 678. The van der Waals surface area contributed by atoms with Crippen LogP contribution in [-0.2, 0) is 4.79 Å². The van der Waals surface area contributed by atoms with Gasteiger partial charge in [0.1, 0.15) is 6.61 Å². The van der Waals surface area contributed by atoms with Gasteiger partial charge < -0.3 is 9.64 Å². The summed E-state index contributed by atoms with van der Waals surface area (Å²) >= 11 is 0. The summed E-state index contributed by atoms with van der Waals surface area (Å²) in [6.07, 6.45) is 0. The van der Waals surface area contributed by atoms with E-state index in [9.17, 15) is 9.18 Å². The van der Waals surface area contributed by atoms with Crippen molar-refractivity contribution in [1.82, 2.24) is 9.80 Å². The predicted molar refractivity (Wildman–Crippen MR) is 97.0 cm³/mol. The van der Waals surface area contributed by atoms with Crippen LogP contribution in [0.4, 0.5) is 4.39 Å². The monoisotopic (exact) mass is 344 g/mol. The molecule has 0 radical (unpaired) electrons. The lowest BCUT2D eigenvalue weighted by Crippen LogP contribution is -2.39. The zero-order chi connectivity index (χ0) is 18.2. The van der Waals surface area contributed by atoms with Crippen molar-refractivity contribution < 1.29 is 13.9 Å². The van der Waals surface area contributed by atoms with E-state index in [1.54, 1.807) is 23.1 Å². The van der Waals surface area contributed by atoms with Crippen molar-refractivity contribution in [3.05, 3.63) is 66.0 Å². The van der Waals surface area contributed by atoms with Crippen LogP contribution in [0.5, 0.6) is 5.75 Å². The highest BCUT2D eigenvalue weighted by molar-refractivity contribution is 5.78. The number of carbonyl (C=O) groups excluding carboxylic acids is 1. The van der Waals surface area contributed by atoms with Gasteiger partial charge in [0.25, 0.3) is 0 Å². The molecule has 0 bridgehead atoms. The normalized spacial score (nSPS) is 12.0. The van der Waals surface area contributed by atoms with Gasteiger partial charge >= 0.3 is 0 Å². The van der Waals surface area contributed by atoms with Gasteiger partial charge in [0.05, 0.1) is 12.6 Å². The van der Waals surface area contributed by atoms with Crippen molar-refractivity contribution in [1.29, 1.82) is 0 Å². The molecule has 0 aliphatic rings. The molecule has 0 aromatic heterocycles. The van der Waals surface area contributed by atoms with E-state index in [4.69, 9.17) is 4.74 Å². The van der Waals surface area contributed by atoms with Gasteiger partial charge in [0.15, 0.2) is 11.6 Å². The molecular formula is C20H25FN2O2. The molecule has 2 rings (SSSR count). The molecule has 1 amide bonds. The molecule has 4 nitrogen and oxygen atoms in total. The van der Waals surface area contributed by atoms with Gasteiger partial charge in [-0.25, -0.2) is 4.39 Å². The summed E-state index contributed by atoms with van der Waals surface area (Å²) in [5, 5.41) is 0. The number of likely N-dealkylation sites (N-methyl/N-ethyl adjacent to an activating group) is 2. The highest BCUT2D eigenvalue weighted by Crippen LogP contribution is 2.18. The van der Waals surface area contributed by atoms with Crippen LogP contribution in [0.15, 0.2) is 54.6 Å². The van der Waals surface area contributed by atoms with E-state index in [-0.39, 0.29) is 30.1 Å². The van der Waals surface area contributed by atoms with Gasteiger partial charge in [0.2, 0.25) is 5.91 Å². The fourth-order valence-corrected chi connectivity index (χ4v) is 2.47. The Balaban J connectivity index is 1.78. The number of halogens is 1. The number of nitrogens with zero attached hydrogens (tertiary/aromatic N) is 2. The second-order valence-corrected chi connectivity index (χ2v) is 6.11. The number of hydrogen-bond acceptors (Lipinski definition) is 3. The molecular weight excluding hydrogens is 319 g/mol. The summed E-state index contributed by atoms with van der Waals surface area (Å²) in [7, 11) is 3.66. The van der Waals surface area contributed by atoms with Crippen molar-refractivity contribution in [2.24, 2.45) is 0 Å². The van der Waals surface area contributed by atoms with E-state index in [0.717, 1.165) is 5.56 Å². The van der Waals surface area contributed by atoms with E-state index in [0.29, 0.717) is 13.2 Å². The minimum atomic E-state index is -0.377. The van der Waals surface area contributed by atoms with Gasteiger partial charge in [-0.15, -0.1) is 0 Å². The number of amides is 1. The highest BCUT2D eigenvalue weighted by Gasteiger charge is 2.18. The second-order valence-electron chi connectivity index (χ2n) is 6.11. The van der Waals surface area contributed by atoms with Gasteiger partial charge in [-0.1, -0.05) is 42.5 Å². The van der Waals surface area contributed by atoms with Crippen LogP contribution in [0.25, 0.3) is 0 Å². The zero-order valence-electron chi connectivity index (χ0n) is 15.0. The van der Waals surface area contributed by atoms with Gasteiger partial charge in [0, 0.05) is 13.6 Å². The Morgan fingerprint density at radius 3 is 2.40 bits per heavy atom. The van der Waals surface area contributed by atoms with Gasteiger partial charge in [-0.3, -0.25) is 9.69 Å². The van der Waals surface area contributed by atoms with E-state index in [2.05, 4.69) is 0 Å². The molecule has 0 spiro atoms. The fourth-order valence-electron chi connectivity index (χ4n) is 2.47. The first-order valence-electron chi connectivity index (χ1n) is 8.35. The third-order valence-corrected chi connectivity index (χ3v) is 4.23. The average molecular weight is 344 g/mol. The van der Waals surface area contributed by atoms with Crippen LogP contribution in [0.1, 0.15) is 18.5 Å². The first kappa shape index (κ1) is 18.9. The number of carbonyl (C=O) groups is 1. The molecule has 0 fully saturated rings. The van der Waals surface area contributed by atoms with Crippen molar-refractivity contribution in [3.8, 4) is 5.75 Å². The van der Waals surface area contributed by atoms with Crippen LogP contribution < -0.4 is 4.74 Å². The van der Waals surface area contributed by atoms with Crippen LogP contribution >= 0.6 is 0 Å². The summed E-state index contributed by atoms with van der Waals surface area (Å²) in [5.74, 6) is -0.112. The number of ether oxygens (including phenoxy) is 1. The van der Waals surface area contributed by atoms with Crippen LogP contribution in [0.2, 0.25) is 0 Å². The quantitative estimate of drug-likeness (QED) is 0.736. The number of rotatable bonds is 8. The first-order chi connectivity index (χ1) is 12.0. The molecule has 2 aromatic carbocycles. The van der Waals surface area contributed by atoms with Crippen molar-refractivity contribution in [3.63, 3.8) is 0 Å². The molecule has 0 aliphatic carbocycles. The average Bonchev–Trinajstić information content (AvgIpc) is 2.62. The first-order valence-corrected chi connectivity index (χ1v) is 8.35. The van der Waals surface area contributed by atoms with Crippen molar-refractivity contribution in [2.45, 2.75) is 13.0 Å². The predicted octanol–water partition coefficient (Wildman–Crippen LogP) is 3.36. The topological polar surface area (TPSA) is 32.8 Å². The lowest BCUT2D eigenvalue weighted by Gasteiger charge is -2.27. The standard InChI is InChI=1S/C20H25FN2O2/c1-16(17-9-5-4-6-10-17)23(3)20(24)15-22(2)13-14-25-19-12-8-7-11-18(19)21/h4-12,16H,13-15H2,1-3H3. The molecule has 5 heteroatoms. The summed E-state index contributed by atoms with van der Waals surface area (Å²) in [4.78, 5) is 16.1. The van der Waals surface area contributed by atoms with Crippen molar-refractivity contribution >= 4 is 5.91 Å². The summed E-state index contributed by atoms with van der Waals surface area (Å²) in [5.41, 5.74) is 1.10. The maximum atomic E-state index is 13.5. The zero-order valence-corrected chi connectivity index (χ0v) is 15.0. The minimum Gasteiger partial charge on any atom is -0.489 e.